The first-order valence-electron chi connectivity index (χ1n) is 3.37. The highest BCUT2D eigenvalue weighted by atomic mass is 16.5. The summed E-state index contributed by atoms with van der Waals surface area (Å²) in [7, 11) is 0. The van der Waals surface area contributed by atoms with E-state index in [0.717, 1.165) is 19.1 Å². The molecule has 0 bridgehead atoms. The Bertz CT molecular complexity index is 161. The number of rotatable bonds is 2. The fraction of sp³-hybridized carbons (Fsp3) is 0.625. The van der Waals surface area contributed by atoms with Crippen molar-refractivity contribution in [1.82, 2.24) is 0 Å². The van der Waals surface area contributed by atoms with Crippen molar-refractivity contribution in [2.45, 2.75) is 24.9 Å². The van der Waals surface area contributed by atoms with Gasteiger partial charge in [-0.25, -0.2) is 0 Å². The zero-order chi connectivity index (χ0) is 7.45. The topological polar surface area (TPSA) is 26.3 Å². The molecule has 0 aromatic carbocycles. The highest BCUT2D eigenvalue weighted by Gasteiger charge is 2.33. The molecular formula is C8H10O2. The molecule has 1 unspecified atom stereocenters. The molecule has 0 N–H and O–H groups in total. The first-order valence-corrected chi connectivity index (χ1v) is 3.37. The summed E-state index contributed by atoms with van der Waals surface area (Å²) in [6.45, 7) is 0.667. The summed E-state index contributed by atoms with van der Waals surface area (Å²) in [6.07, 6.45) is 8.05. The summed E-state index contributed by atoms with van der Waals surface area (Å²) in [5, 5.41) is 0. The van der Waals surface area contributed by atoms with E-state index in [1.165, 1.54) is 0 Å². The van der Waals surface area contributed by atoms with E-state index >= 15 is 0 Å². The van der Waals surface area contributed by atoms with Gasteiger partial charge in [-0.3, -0.25) is 0 Å². The van der Waals surface area contributed by atoms with Crippen molar-refractivity contribution in [3.05, 3.63) is 0 Å². The lowest BCUT2D eigenvalue weighted by Gasteiger charge is -2.17. The summed E-state index contributed by atoms with van der Waals surface area (Å²) >= 11 is 0. The van der Waals surface area contributed by atoms with Crippen LogP contribution < -0.4 is 0 Å². The predicted octanol–water partition coefficient (Wildman–Crippen LogP) is 0.758. The van der Waals surface area contributed by atoms with Crippen LogP contribution in [0.4, 0.5) is 0 Å². The van der Waals surface area contributed by atoms with Crippen LogP contribution in [-0.2, 0) is 9.53 Å². The van der Waals surface area contributed by atoms with Crippen LogP contribution in [0.3, 0.4) is 0 Å². The third-order valence-corrected chi connectivity index (χ3v) is 1.75. The average Bonchev–Trinajstić information content (AvgIpc) is 2.39. The number of carbonyl (C=O) groups excluding carboxylic acids is 1. The zero-order valence-corrected chi connectivity index (χ0v) is 5.80. The Labute approximate surface area is 60.6 Å². The Kier molecular flexibility index (Phi) is 2.08. The van der Waals surface area contributed by atoms with Crippen LogP contribution in [0.5, 0.6) is 0 Å². The van der Waals surface area contributed by atoms with E-state index in [9.17, 15) is 4.79 Å². The quantitative estimate of drug-likeness (QED) is 0.416. The van der Waals surface area contributed by atoms with Crippen LogP contribution in [0, 0.1) is 12.3 Å². The highest BCUT2D eigenvalue weighted by molar-refractivity contribution is 5.63. The Morgan fingerprint density at radius 1 is 1.80 bits per heavy atom. The van der Waals surface area contributed by atoms with Gasteiger partial charge in [-0.05, 0) is 12.8 Å². The maximum atomic E-state index is 10.5. The molecule has 0 aromatic rings. The molecule has 0 spiro atoms. The summed E-state index contributed by atoms with van der Waals surface area (Å²) in [4.78, 5) is 10.5. The SMILES string of the molecule is C#CCC1(C=O)CCCO1. The minimum atomic E-state index is -0.630. The predicted molar refractivity (Wildman–Crippen MR) is 37.4 cm³/mol. The van der Waals surface area contributed by atoms with Crippen molar-refractivity contribution in [3.8, 4) is 12.3 Å². The van der Waals surface area contributed by atoms with Crippen LogP contribution in [0.25, 0.3) is 0 Å². The van der Waals surface area contributed by atoms with Crippen molar-refractivity contribution < 1.29 is 9.53 Å². The van der Waals surface area contributed by atoms with Gasteiger partial charge in [0.2, 0.25) is 0 Å². The van der Waals surface area contributed by atoms with Crippen molar-refractivity contribution in [2.75, 3.05) is 6.61 Å². The van der Waals surface area contributed by atoms with Crippen molar-refractivity contribution in [3.63, 3.8) is 0 Å². The number of aldehydes is 1. The lowest BCUT2D eigenvalue weighted by Crippen LogP contribution is -2.28. The molecular weight excluding hydrogens is 128 g/mol. The number of hydrogen-bond donors (Lipinski definition) is 0. The molecule has 0 saturated carbocycles. The second kappa shape index (κ2) is 2.85. The first-order chi connectivity index (χ1) is 4.83. The van der Waals surface area contributed by atoms with E-state index < -0.39 is 5.60 Å². The van der Waals surface area contributed by atoms with Gasteiger partial charge in [-0.1, -0.05) is 0 Å². The molecule has 2 heteroatoms. The van der Waals surface area contributed by atoms with E-state index in [-0.39, 0.29) is 0 Å². The molecule has 1 atom stereocenters. The number of carbonyl (C=O) groups is 1. The van der Waals surface area contributed by atoms with Gasteiger partial charge in [0, 0.05) is 13.0 Å². The van der Waals surface area contributed by atoms with Crippen LogP contribution in [-0.4, -0.2) is 18.5 Å². The molecule has 2 nitrogen and oxygen atoms in total. The summed E-state index contributed by atoms with van der Waals surface area (Å²) in [5.41, 5.74) is -0.630. The largest absolute Gasteiger partial charge is 0.367 e. The summed E-state index contributed by atoms with van der Waals surface area (Å²) in [6, 6.07) is 0. The third-order valence-electron chi connectivity index (χ3n) is 1.75. The lowest BCUT2D eigenvalue weighted by atomic mass is 9.99. The highest BCUT2D eigenvalue weighted by Crippen LogP contribution is 2.26. The smallest absolute Gasteiger partial charge is 0.152 e. The number of hydrogen-bond acceptors (Lipinski definition) is 2. The monoisotopic (exact) mass is 138 g/mol. The van der Waals surface area contributed by atoms with Crippen LogP contribution in [0.1, 0.15) is 19.3 Å². The molecule has 1 aliphatic rings. The second-order valence-corrected chi connectivity index (χ2v) is 2.52. The Hall–Kier alpha value is -0.810. The fourth-order valence-electron chi connectivity index (χ4n) is 1.17. The van der Waals surface area contributed by atoms with Gasteiger partial charge in [-0.2, -0.15) is 0 Å². The van der Waals surface area contributed by atoms with Gasteiger partial charge >= 0.3 is 0 Å². The fourth-order valence-corrected chi connectivity index (χ4v) is 1.17. The molecule has 0 radical (unpaired) electrons. The van der Waals surface area contributed by atoms with Crippen LogP contribution in [0.2, 0.25) is 0 Å². The summed E-state index contributed by atoms with van der Waals surface area (Å²) < 4.78 is 5.22. The maximum absolute atomic E-state index is 10.5. The summed E-state index contributed by atoms with van der Waals surface area (Å²) in [5.74, 6) is 2.45. The molecule has 1 rings (SSSR count). The van der Waals surface area contributed by atoms with Crippen LogP contribution >= 0.6 is 0 Å². The molecule has 1 heterocycles. The van der Waals surface area contributed by atoms with E-state index in [1.54, 1.807) is 0 Å². The van der Waals surface area contributed by atoms with Gasteiger partial charge in [0.05, 0.1) is 0 Å². The molecule has 0 amide bonds. The number of ether oxygens (including phenoxy) is 1. The molecule has 1 fully saturated rings. The minimum absolute atomic E-state index is 0.413. The van der Waals surface area contributed by atoms with Gasteiger partial charge < -0.3 is 9.53 Å². The number of terminal acetylenes is 1. The van der Waals surface area contributed by atoms with Crippen LogP contribution in [0.15, 0.2) is 0 Å². The average molecular weight is 138 g/mol. The van der Waals surface area contributed by atoms with E-state index in [0.29, 0.717) is 13.0 Å². The van der Waals surface area contributed by atoms with Crippen molar-refractivity contribution >= 4 is 6.29 Å². The molecule has 0 aliphatic carbocycles. The Morgan fingerprint density at radius 2 is 2.60 bits per heavy atom. The maximum Gasteiger partial charge on any atom is 0.152 e. The van der Waals surface area contributed by atoms with Crippen molar-refractivity contribution in [2.24, 2.45) is 0 Å². The second-order valence-electron chi connectivity index (χ2n) is 2.52. The van der Waals surface area contributed by atoms with Gasteiger partial charge in [0.1, 0.15) is 5.60 Å². The molecule has 0 aromatic heterocycles. The van der Waals surface area contributed by atoms with E-state index in [4.69, 9.17) is 11.2 Å². The molecule has 10 heavy (non-hydrogen) atoms. The van der Waals surface area contributed by atoms with Gasteiger partial charge in [0.25, 0.3) is 0 Å². The minimum Gasteiger partial charge on any atom is -0.367 e. The molecule has 1 saturated heterocycles. The lowest BCUT2D eigenvalue weighted by molar-refractivity contribution is -0.125. The van der Waals surface area contributed by atoms with E-state index in [1.807, 2.05) is 0 Å². The normalized spacial score (nSPS) is 31.5. The standard InChI is InChI=1S/C8H10O2/c1-2-4-8(7-9)5-3-6-10-8/h1,7H,3-6H2. The Balaban J connectivity index is 2.59. The molecule has 1 aliphatic heterocycles. The third kappa shape index (κ3) is 1.19. The first kappa shape index (κ1) is 7.30. The van der Waals surface area contributed by atoms with Gasteiger partial charge in [-0.15, -0.1) is 12.3 Å². The van der Waals surface area contributed by atoms with E-state index in [2.05, 4.69) is 5.92 Å². The van der Waals surface area contributed by atoms with Gasteiger partial charge in [0.15, 0.2) is 6.29 Å². The van der Waals surface area contributed by atoms with Crippen molar-refractivity contribution in [1.29, 1.82) is 0 Å². The molecule has 54 valence electrons. The Morgan fingerprint density at radius 3 is 3.00 bits per heavy atom. The zero-order valence-electron chi connectivity index (χ0n) is 5.80.